The molecule has 0 radical (unpaired) electrons. The minimum absolute atomic E-state index is 0.0240. The Balaban J connectivity index is 2.21. The first-order valence-electron chi connectivity index (χ1n) is 5.59. The Morgan fingerprint density at radius 2 is 2.10 bits per heavy atom. The molecule has 1 heterocycles. The molecule has 7 heteroatoms. The molecule has 0 bridgehead atoms. The van der Waals surface area contributed by atoms with Gasteiger partial charge in [0, 0.05) is 24.4 Å². The van der Waals surface area contributed by atoms with Crippen molar-refractivity contribution in [1.82, 2.24) is 4.98 Å². The van der Waals surface area contributed by atoms with E-state index in [-0.39, 0.29) is 17.1 Å². The zero-order valence-corrected chi connectivity index (χ0v) is 10.4. The fourth-order valence-corrected chi connectivity index (χ4v) is 1.54. The van der Waals surface area contributed by atoms with Gasteiger partial charge in [0.05, 0.1) is 10.5 Å². The number of hydrogen-bond donors (Lipinski definition) is 1. The first-order chi connectivity index (χ1) is 9.47. The van der Waals surface area contributed by atoms with Crippen molar-refractivity contribution in [2.45, 2.75) is 6.92 Å². The molecule has 1 aromatic carbocycles. The second kappa shape index (κ2) is 5.35. The zero-order chi connectivity index (χ0) is 14.7. The molecule has 102 valence electrons. The van der Waals surface area contributed by atoms with Crippen LogP contribution >= 0.6 is 0 Å². The number of nitrogens with zero attached hydrogens (tertiary/aromatic N) is 2. The Morgan fingerprint density at radius 3 is 2.60 bits per heavy atom. The minimum atomic E-state index is -1.07. The van der Waals surface area contributed by atoms with E-state index in [2.05, 4.69) is 4.98 Å². The number of carboxylic acids is 1. The van der Waals surface area contributed by atoms with E-state index in [0.29, 0.717) is 11.3 Å². The lowest BCUT2D eigenvalue weighted by Crippen LogP contribution is -1.98. The first-order valence-corrected chi connectivity index (χ1v) is 5.59. The van der Waals surface area contributed by atoms with E-state index in [1.165, 1.54) is 36.5 Å². The van der Waals surface area contributed by atoms with Crippen molar-refractivity contribution in [3.8, 4) is 11.6 Å². The van der Waals surface area contributed by atoms with Crippen molar-refractivity contribution in [2.24, 2.45) is 0 Å². The number of aryl methyl sites for hydroxylation is 1. The van der Waals surface area contributed by atoms with Crippen molar-refractivity contribution in [3.05, 3.63) is 57.8 Å². The fourth-order valence-electron chi connectivity index (χ4n) is 1.54. The Hall–Kier alpha value is -2.96. The Bertz CT molecular complexity index is 667. The highest BCUT2D eigenvalue weighted by Gasteiger charge is 2.10. The summed E-state index contributed by atoms with van der Waals surface area (Å²) in [6.07, 6.45) is 1.18. The lowest BCUT2D eigenvalue weighted by molar-refractivity contribution is -0.384. The molecule has 1 aromatic heterocycles. The van der Waals surface area contributed by atoms with Gasteiger partial charge in [-0.2, -0.15) is 0 Å². The summed E-state index contributed by atoms with van der Waals surface area (Å²) in [6.45, 7) is 1.67. The Labute approximate surface area is 113 Å². The highest BCUT2D eigenvalue weighted by molar-refractivity contribution is 5.87. The number of ether oxygens (including phenoxy) is 1. The van der Waals surface area contributed by atoms with Crippen LogP contribution < -0.4 is 4.74 Å². The Morgan fingerprint density at radius 1 is 1.35 bits per heavy atom. The highest BCUT2D eigenvalue weighted by Crippen LogP contribution is 2.27. The van der Waals surface area contributed by atoms with E-state index in [1.54, 1.807) is 6.92 Å². The van der Waals surface area contributed by atoms with Gasteiger partial charge < -0.3 is 9.84 Å². The number of benzene rings is 1. The SMILES string of the molecule is Cc1cc([N+](=O)[O-])ccc1Oc1ccc(C(=O)O)cn1. The van der Waals surface area contributed by atoms with Crippen LogP contribution in [0, 0.1) is 17.0 Å². The van der Waals surface area contributed by atoms with Crippen LogP contribution in [0.4, 0.5) is 5.69 Å². The second-order valence-corrected chi connectivity index (χ2v) is 4.00. The van der Waals surface area contributed by atoms with Crippen molar-refractivity contribution in [3.63, 3.8) is 0 Å². The first kappa shape index (κ1) is 13.5. The van der Waals surface area contributed by atoms with E-state index in [4.69, 9.17) is 9.84 Å². The molecule has 2 rings (SSSR count). The lowest BCUT2D eigenvalue weighted by atomic mass is 10.2. The van der Waals surface area contributed by atoms with Crippen molar-refractivity contribution < 1.29 is 19.6 Å². The summed E-state index contributed by atoms with van der Waals surface area (Å²) in [6, 6.07) is 6.98. The molecule has 7 nitrogen and oxygen atoms in total. The standard InChI is InChI=1S/C13H10N2O5/c1-8-6-10(15(18)19)3-4-11(8)20-12-5-2-9(7-14-12)13(16)17/h2-7H,1H3,(H,16,17). The summed E-state index contributed by atoms with van der Waals surface area (Å²) >= 11 is 0. The molecule has 0 saturated carbocycles. The molecule has 0 amide bonds. The number of nitro groups is 1. The topological polar surface area (TPSA) is 103 Å². The van der Waals surface area contributed by atoms with Crippen LogP contribution in [0.25, 0.3) is 0 Å². The van der Waals surface area contributed by atoms with Crippen molar-refractivity contribution >= 4 is 11.7 Å². The van der Waals surface area contributed by atoms with Crippen LogP contribution in [-0.4, -0.2) is 21.0 Å². The third-order valence-corrected chi connectivity index (χ3v) is 2.57. The average molecular weight is 274 g/mol. The van der Waals surface area contributed by atoms with Gasteiger partial charge in [-0.3, -0.25) is 10.1 Å². The molecule has 0 fully saturated rings. The van der Waals surface area contributed by atoms with Gasteiger partial charge in [0.2, 0.25) is 5.88 Å². The third-order valence-electron chi connectivity index (χ3n) is 2.57. The van der Waals surface area contributed by atoms with Crippen LogP contribution in [0.15, 0.2) is 36.5 Å². The summed E-state index contributed by atoms with van der Waals surface area (Å²) in [5.74, 6) is -0.436. The van der Waals surface area contributed by atoms with Gasteiger partial charge in [0.25, 0.3) is 5.69 Å². The number of rotatable bonds is 4. The normalized spacial score (nSPS) is 10.1. The lowest BCUT2D eigenvalue weighted by Gasteiger charge is -2.07. The van der Waals surface area contributed by atoms with Crippen LogP contribution in [0.2, 0.25) is 0 Å². The van der Waals surface area contributed by atoms with Gasteiger partial charge in [0.15, 0.2) is 0 Å². The maximum Gasteiger partial charge on any atom is 0.337 e. The number of aromatic nitrogens is 1. The molecular weight excluding hydrogens is 264 g/mol. The molecule has 0 aliphatic carbocycles. The molecule has 0 unspecified atom stereocenters. The largest absolute Gasteiger partial charge is 0.478 e. The van der Waals surface area contributed by atoms with Gasteiger partial charge in [-0.25, -0.2) is 9.78 Å². The predicted molar refractivity (Wildman–Crippen MR) is 69.1 cm³/mol. The zero-order valence-electron chi connectivity index (χ0n) is 10.4. The minimum Gasteiger partial charge on any atom is -0.478 e. The van der Waals surface area contributed by atoms with E-state index in [9.17, 15) is 14.9 Å². The van der Waals surface area contributed by atoms with Gasteiger partial charge in [-0.15, -0.1) is 0 Å². The number of pyridine rings is 1. The third kappa shape index (κ3) is 2.89. The number of non-ortho nitro benzene ring substituents is 1. The van der Waals surface area contributed by atoms with Gasteiger partial charge in [0.1, 0.15) is 5.75 Å². The molecule has 0 spiro atoms. The molecule has 0 saturated heterocycles. The number of aromatic carboxylic acids is 1. The van der Waals surface area contributed by atoms with Crippen molar-refractivity contribution in [2.75, 3.05) is 0 Å². The molecule has 0 aliphatic heterocycles. The molecule has 0 atom stereocenters. The van der Waals surface area contributed by atoms with E-state index < -0.39 is 10.9 Å². The maximum absolute atomic E-state index is 10.7. The molecule has 0 aliphatic rings. The number of carbonyl (C=O) groups is 1. The Kier molecular flexibility index (Phi) is 3.60. The van der Waals surface area contributed by atoms with E-state index >= 15 is 0 Å². The van der Waals surface area contributed by atoms with Gasteiger partial charge in [-0.1, -0.05) is 0 Å². The second-order valence-electron chi connectivity index (χ2n) is 4.00. The molecular formula is C13H10N2O5. The van der Waals surface area contributed by atoms with Crippen LogP contribution in [-0.2, 0) is 0 Å². The van der Waals surface area contributed by atoms with Crippen LogP contribution in [0.3, 0.4) is 0 Å². The quantitative estimate of drug-likeness (QED) is 0.679. The number of nitro benzene ring substituents is 1. The summed E-state index contributed by atoms with van der Waals surface area (Å²) in [5, 5.41) is 19.4. The van der Waals surface area contributed by atoms with Gasteiger partial charge in [-0.05, 0) is 24.6 Å². The number of hydrogen-bond acceptors (Lipinski definition) is 5. The van der Waals surface area contributed by atoms with Gasteiger partial charge >= 0.3 is 5.97 Å². The summed E-state index contributed by atoms with van der Waals surface area (Å²) < 4.78 is 5.45. The van der Waals surface area contributed by atoms with E-state index in [1.807, 2.05) is 0 Å². The van der Waals surface area contributed by atoms with Crippen molar-refractivity contribution in [1.29, 1.82) is 0 Å². The fraction of sp³-hybridized carbons (Fsp3) is 0.0769. The predicted octanol–water partition coefficient (Wildman–Crippen LogP) is 2.79. The summed E-state index contributed by atoms with van der Waals surface area (Å²) in [4.78, 5) is 24.7. The number of carboxylic acid groups (broad SMARTS) is 1. The smallest absolute Gasteiger partial charge is 0.337 e. The summed E-state index contributed by atoms with van der Waals surface area (Å²) in [5.41, 5.74) is 0.616. The highest BCUT2D eigenvalue weighted by atomic mass is 16.6. The van der Waals surface area contributed by atoms with Crippen LogP contribution in [0.1, 0.15) is 15.9 Å². The monoisotopic (exact) mass is 274 g/mol. The molecule has 2 aromatic rings. The van der Waals surface area contributed by atoms with Crippen LogP contribution in [0.5, 0.6) is 11.6 Å². The molecule has 20 heavy (non-hydrogen) atoms. The maximum atomic E-state index is 10.7. The summed E-state index contributed by atoms with van der Waals surface area (Å²) in [7, 11) is 0. The molecule has 1 N–H and O–H groups in total. The van der Waals surface area contributed by atoms with E-state index in [0.717, 1.165) is 0 Å². The average Bonchev–Trinajstić information content (AvgIpc) is 2.41.